The number of methoxy groups -OCH3 is 4. The van der Waals surface area contributed by atoms with Gasteiger partial charge in [-0.3, -0.25) is 14.4 Å². The fourth-order valence-corrected chi connectivity index (χ4v) is 10.9. The zero-order chi connectivity index (χ0) is 48.3. The van der Waals surface area contributed by atoms with Crippen molar-refractivity contribution in [2.45, 2.75) is 173 Å². The fraction of sp³-hybridized carbons (Fsp3) is 0.698. The summed E-state index contributed by atoms with van der Waals surface area (Å²) in [5.41, 5.74) is 1.75. The Morgan fingerprint density at radius 3 is 2.35 bits per heavy atom. The van der Waals surface area contributed by atoms with Crippen LogP contribution < -0.4 is 4.74 Å². The summed E-state index contributed by atoms with van der Waals surface area (Å²) >= 11 is 0. The van der Waals surface area contributed by atoms with E-state index in [1.54, 1.807) is 35.4 Å². The lowest BCUT2D eigenvalue weighted by atomic mass is 9.74. The van der Waals surface area contributed by atoms with E-state index in [2.05, 4.69) is 19.1 Å². The molecule has 3 fully saturated rings. The first kappa shape index (κ1) is 53.2. The van der Waals surface area contributed by atoms with E-state index in [4.69, 9.17) is 28.4 Å². The smallest absolute Gasteiger partial charge is 0.329 e. The molecule has 5 rings (SSSR count). The second-order valence-electron chi connectivity index (χ2n) is 19.9. The van der Waals surface area contributed by atoms with E-state index in [1.165, 1.54) is 4.90 Å². The number of carbonyl (C=O) groups is 4. The van der Waals surface area contributed by atoms with Gasteiger partial charge in [-0.1, -0.05) is 69.7 Å². The summed E-state index contributed by atoms with van der Waals surface area (Å²) in [6.45, 7) is 11.8. The third kappa shape index (κ3) is 12.9. The van der Waals surface area contributed by atoms with Crippen LogP contribution in [-0.2, 0) is 42.9 Å². The second kappa shape index (κ2) is 24.0. The third-order valence-corrected chi connectivity index (χ3v) is 14.9. The highest BCUT2D eigenvalue weighted by molar-refractivity contribution is 6.39. The van der Waals surface area contributed by atoms with Crippen LogP contribution in [0.2, 0.25) is 0 Å². The van der Waals surface area contributed by atoms with Gasteiger partial charge < -0.3 is 43.5 Å². The van der Waals surface area contributed by atoms with Gasteiger partial charge in [0, 0.05) is 46.1 Å². The third-order valence-electron chi connectivity index (χ3n) is 14.9. The van der Waals surface area contributed by atoms with E-state index >= 15 is 0 Å². The van der Waals surface area contributed by atoms with Gasteiger partial charge in [-0.05, 0) is 132 Å². The number of esters is 1. The van der Waals surface area contributed by atoms with Crippen molar-refractivity contribution in [1.82, 2.24) is 4.90 Å². The summed E-state index contributed by atoms with van der Waals surface area (Å²) in [5.74, 6) is -5.69. The number of benzene rings is 1. The van der Waals surface area contributed by atoms with E-state index in [0.29, 0.717) is 64.2 Å². The maximum atomic E-state index is 14.5. The number of fused-ring (bicyclic) bond motifs is 3. The van der Waals surface area contributed by atoms with Crippen molar-refractivity contribution < 1.29 is 57.8 Å². The van der Waals surface area contributed by atoms with Crippen molar-refractivity contribution in [2.24, 2.45) is 29.6 Å². The molecule has 1 saturated carbocycles. The molecule has 3 aliphatic heterocycles. The van der Waals surface area contributed by atoms with E-state index in [1.807, 2.05) is 64.1 Å². The number of rotatable bonds is 10. The molecule has 1 amide bonds. The first-order valence-corrected chi connectivity index (χ1v) is 24.4. The number of hydrogen-bond donors (Lipinski definition) is 2. The molecule has 2 N–H and O–H groups in total. The zero-order valence-electron chi connectivity index (χ0n) is 41.3. The Balaban J connectivity index is 1.44. The standard InChI is InChI=1S/C53H79NO12/c1-11-40-27-33(2)26-34(3)28-44(62-8)48-45(63-9)30-37(6)53(60,66-48)49(56)50(57)54-25-13-12-19-42(54)51(58)65-47(35(4)20-21-43(40)55)36(5)29-39-22-24-52(59,46(32-39)64-10)23-15-17-38-16-14-18-41(31-38)61-7/h14-18,27,29,31,34-35,37,39-40,42,44-48,59-60H,11-13,19-26,28,30,32H2,1-10H3. The molecule has 13 unspecified atom stereocenters. The van der Waals surface area contributed by atoms with Crippen LogP contribution in [0.25, 0.3) is 6.08 Å². The number of hydrogen-bond acceptors (Lipinski definition) is 12. The molecular formula is C53H79NO12. The monoisotopic (exact) mass is 922 g/mol. The van der Waals surface area contributed by atoms with Crippen molar-refractivity contribution in [3.05, 3.63) is 59.2 Å². The summed E-state index contributed by atoms with van der Waals surface area (Å²) < 4.78 is 35.9. The van der Waals surface area contributed by atoms with Crippen molar-refractivity contribution in [1.29, 1.82) is 0 Å². The molecular weight excluding hydrogens is 843 g/mol. The van der Waals surface area contributed by atoms with Gasteiger partial charge in [0.25, 0.3) is 11.7 Å². The molecule has 13 heteroatoms. The van der Waals surface area contributed by atoms with Gasteiger partial charge in [-0.15, -0.1) is 0 Å². The number of cyclic esters (lactones) is 1. The Morgan fingerprint density at radius 2 is 1.67 bits per heavy atom. The summed E-state index contributed by atoms with van der Waals surface area (Å²) in [6.07, 6.45) is 11.3. The van der Waals surface area contributed by atoms with E-state index < -0.39 is 71.5 Å². The number of amides is 1. The lowest BCUT2D eigenvalue weighted by Crippen LogP contribution is -2.64. The minimum atomic E-state index is -2.49. The Morgan fingerprint density at radius 1 is 0.939 bits per heavy atom. The number of carbonyl (C=O) groups excluding carboxylic acids is 4. The Labute approximate surface area is 393 Å². The maximum absolute atomic E-state index is 14.5. The number of ether oxygens (including phenoxy) is 6. The van der Waals surface area contributed by atoms with E-state index in [9.17, 15) is 29.4 Å². The molecule has 0 aromatic heterocycles. The molecule has 0 spiro atoms. The summed E-state index contributed by atoms with van der Waals surface area (Å²) in [4.78, 5) is 58.4. The summed E-state index contributed by atoms with van der Waals surface area (Å²) in [6, 6.07) is 6.65. The maximum Gasteiger partial charge on any atom is 0.329 e. The molecule has 1 aromatic rings. The van der Waals surface area contributed by atoms with Gasteiger partial charge in [0.1, 0.15) is 29.8 Å². The summed E-state index contributed by atoms with van der Waals surface area (Å²) in [5, 5.41) is 24.0. The molecule has 2 bridgehead atoms. The molecule has 368 valence electrons. The van der Waals surface area contributed by atoms with Crippen molar-refractivity contribution in [3.8, 4) is 5.75 Å². The van der Waals surface area contributed by atoms with E-state index in [0.717, 1.165) is 22.5 Å². The number of allylic oxidation sites excluding steroid dienone is 3. The lowest BCUT2D eigenvalue weighted by Gasteiger charge is -2.47. The van der Waals surface area contributed by atoms with Crippen LogP contribution in [0, 0.1) is 29.6 Å². The molecule has 3 heterocycles. The Kier molecular flexibility index (Phi) is 19.4. The number of piperidine rings is 1. The molecule has 2 saturated heterocycles. The van der Waals surface area contributed by atoms with Gasteiger partial charge in [-0.25, -0.2) is 4.79 Å². The minimum Gasteiger partial charge on any atom is -0.497 e. The van der Waals surface area contributed by atoms with Crippen LogP contribution in [-0.4, -0.2) is 121 Å². The number of Topliss-reactive ketones (excluding diaryl/α,β-unsaturated/α-hetero) is 2. The van der Waals surface area contributed by atoms with Crippen molar-refractivity contribution >= 4 is 29.5 Å². The first-order chi connectivity index (χ1) is 31.4. The Bertz CT molecular complexity index is 1910. The van der Waals surface area contributed by atoms with Crippen LogP contribution in [0.1, 0.15) is 131 Å². The predicted octanol–water partition coefficient (Wildman–Crippen LogP) is 7.98. The quantitative estimate of drug-likeness (QED) is 0.132. The highest BCUT2D eigenvalue weighted by Crippen LogP contribution is 2.41. The van der Waals surface area contributed by atoms with Crippen molar-refractivity contribution in [2.75, 3.05) is 35.0 Å². The Hall–Kier alpha value is -3.72. The summed E-state index contributed by atoms with van der Waals surface area (Å²) in [7, 11) is 6.35. The van der Waals surface area contributed by atoms with Gasteiger partial charge >= 0.3 is 5.97 Å². The molecule has 4 aliphatic rings. The average molecular weight is 922 g/mol. The number of aliphatic hydroxyl groups is 2. The molecule has 1 aliphatic carbocycles. The van der Waals surface area contributed by atoms with Crippen LogP contribution in [0.3, 0.4) is 0 Å². The van der Waals surface area contributed by atoms with Crippen LogP contribution in [0.5, 0.6) is 5.75 Å². The van der Waals surface area contributed by atoms with Gasteiger partial charge in [0.2, 0.25) is 5.79 Å². The van der Waals surface area contributed by atoms with Gasteiger partial charge in [0.05, 0.1) is 31.0 Å². The molecule has 13 nitrogen and oxygen atoms in total. The highest BCUT2D eigenvalue weighted by Gasteiger charge is 2.56. The SMILES string of the molecule is CCC1C=C(C)CC(C)CC(OC)C2OC(O)(C(=O)C(=O)N3CCCCC3C(=O)OC(C(C)=CC3CCC(O)(CC=Cc4cccc(OC)c4)C(OC)C3)C(C)CCC1=O)C(C)CC2OC. The second-order valence-corrected chi connectivity index (χ2v) is 19.9. The van der Waals surface area contributed by atoms with Crippen LogP contribution in [0.4, 0.5) is 0 Å². The van der Waals surface area contributed by atoms with Crippen LogP contribution in [0.15, 0.2) is 53.6 Å². The topological polar surface area (TPSA) is 167 Å². The number of nitrogens with zero attached hydrogens (tertiary/aromatic N) is 1. The molecule has 1 aromatic carbocycles. The zero-order valence-corrected chi connectivity index (χ0v) is 41.3. The predicted molar refractivity (Wildman–Crippen MR) is 252 cm³/mol. The normalized spacial score (nSPS) is 36.3. The van der Waals surface area contributed by atoms with Crippen LogP contribution >= 0.6 is 0 Å². The van der Waals surface area contributed by atoms with Crippen molar-refractivity contribution in [3.63, 3.8) is 0 Å². The minimum absolute atomic E-state index is 0.00177. The van der Waals surface area contributed by atoms with Gasteiger partial charge in [-0.2, -0.15) is 0 Å². The first-order valence-electron chi connectivity index (χ1n) is 24.4. The lowest BCUT2D eigenvalue weighted by molar-refractivity contribution is -0.302. The average Bonchev–Trinajstić information content (AvgIpc) is 3.31. The molecule has 66 heavy (non-hydrogen) atoms. The molecule has 13 atom stereocenters. The van der Waals surface area contributed by atoms with E-state index in [-0.39, 0.29) is 55.3 Å². The molecule has 0 radical (unpaired) electrons. The fourth-order valence-electron chi connectivity index (χ4n) is 10.9. The largest absolute Gasteiger partial charge is 0.497 e. The highest BCUT2D eigenvalue weighted by atomic mass is 16.7. The van der Waals surface area contributed by atoms with Gasteiger partial charge in [0.15, 0.2) is 0 Å². The number of ketones is 2.